The van der Waals surface area contributed by atoms with E-state index in [1.54, 1.807) is 0 Å². The Morgan fingerprint density at radius 3 is 2.07 bits per heavy atom. The quantitative estimate of drug-likeness (QED) is 0.174. The minimum Gasteiger partial charge on any atom is -0.312 e. The van der Waals surface area contributed by atoms with Crippen molar-refractivity contribution in [3.05, 3.63) is 154 Å². The van der Waals surface area contributed by atoms with E-state index in [-0.39, 0.29) is 5.41 Å². The lowest BCUT2D eigenvalue weighted by molar-refractivity contribution is 0.170. The topological polar surface area (TPSA) is 46.0 Å². The van der Waals surface area contributed by atoms with Crippen LogP contribution in [0, 0.1) is 0 Å². The van der Waals surface area contributed by atoms with Crippen LogP contribution in [0.1, 0.15) is 46.5 Å². The van der Waals surface area contributed by atoms with Gasteiger partial charge >= 0.3 is 0 Å². The van der Waals surface area contributed by atoms with E-state index < -0.39 is 0 Å². The minimum absolute atomic E-state index is 0.0445. The normalized spacial score (nSPS) is 15.1. The number of hydrogen-bond acceptors (Lipinski definition) is 4. The van der Waals surface area contributed by atoms with Crippen molar-refractivity contribution in [3.8, 4) is 0 Å². The van der Waals surface area contributed by atoms with Crippen molar-refractivity contribution in [1.82, 2.24) is 25.0 Å². The highest BCUT2D eigenvalue weighted by Gasteiger charge is 2.37. The number of hydrogen-bond donors (Lipinski definition) is 1. The van der Waals surface area contributed by atoms with Gasteiger partial charge in [-0.15, -0.1) is 0 Å². The summed E-state index contributed by atoms with van der Waals surface area (Å²) >= 11 is 6.13. The maximum Gasteiger partial charge on any atom is 0.0809 e. The maximum atomic E-state index is 6.13. The second kappa shape index (κ2) is 13.5. The standard InChI is InChI=1S/C36H38ClN5/c37-33-16-14-29(15-17-33)26-42-27-30(25-38-22-18-34-13-7-8-21-39-34)35(40-42)28-41-23-19-36(20-24-41,31-9-3-1-4-10-31)32-11-5-2-6-12-32/h1-17,21,27,38H,18-20,22-26,28H2. The number of benzene rings is 3. The van der Waals surface area contributed by atoms with E-state index in [0.717, 1.165) is 74.9 Å². The number of aromatic nitrogens is 3. The Hall–Kier alpha value is -3.77. The van der Waals surface area contributed by atoms with E-state index in [9.17, 15) is 0 Å². The molecule has 0 spiro atoms. The van der Waals surface area contributed by atoms with Crippen molar-refractivity contribution in [2.45, 2.75) is 44.3 Å². The van der Waals surface area contributed by atoms with Crippen molar-refractivity contribution in [3.63, 3.8) is 0 Å². The average Bonchev–Trinajstić information content (AvgIpc) is 3.42. The van der Waals surface area contributed by atoms with Gasteiger partial charge in [0.05, 0.1) is 12.2 Å². The highest BCUT2D eigenvalue weighted by atomic mass is 35.5. The smallest absolute Gasteiger partial charge is 0.0809 e. The summed E-state index contributed by atoms with van der Waals surface area (Å²) in [6, 6.07) is 36.3. The van der Waals surface area contributed by atoms with Crippen LogP contribution in [0.5, 0.6) is 0 Å². The fourth-order valence-corrected chi connectivity index (χ4v) is 6.32. The van der Waals surface area contributed by atoms with Crippen LogP contribution in [0.25, 0.3) is 0 Å². The molecule has 6 heteroatoms. The molecule has 5 aromatic rings. The van der Waals surface area contributed by atoms with Crippen LogP contribution in [0.4, 0.5) is 0 Å². The van der Waals surface area contributed by atoms with E-state index in [2.05, 4.69) is 105 Å². The molecule has 2 aromatic heterocycles. The third kappa shape index (κ3) is 6.81. The summed E-state index contributed by atoms with van der Waals surface area (Å²) in [6.45, 7) is 5.29. The molecule has 3 heterocycles. The second-order valence-electron chi connectivity index (χ2n) is 11.3. The molecule has 214 valence electrons. The number of piperidine rings is 1. The molecule has 42 heavy (non-hydrogen) atoms. The molecule has 0 atom stereocenters. The number of nitrogens with zero attached hydrogens (tertiary/aromatic N) is 4. The SMILES string of the molecule is Clc1ccc(Cn2cc(CNCCc3ccccn3)c(CN3CCC(c4ccccc4)(c4ccccc4)CC3)n2)cc1. The predicted octanol–water partition coefficient (Wildman–Crippen LogP) is 6.89. The first kappa shape index (κ1) is 28.4. The van der Waals surface area contributed by atoms with Gasteiger partial charge in [0.25, 0.3) is 0 Å². The van der Waals surface area contributed by atoms with Gasteiger partial charge < -0.3 is 5.32 Å². The van der Waals surface area contributed by atoms with Crippen LogP contribution in [-0.2, 0) is 31.5 Å². The molecule has 1 saturated heterocycles. The minimum atomic E-state index is 0.0445. The van der Waals surface area contributed by atoms with Gasteiger partial charge in [-0.05, 0) is 66.9 Å². The molecule has 1 fully saturated rings. The summed E-state index contributed by atoms with van der Waals surface area (Å²) in [5.74, 6) is 0. The summed E-state index contributed by atoms with van der Waals surface area (Å²) in [7, 11) is 0. The Morgan fingerprint density at radius 1 is 0.762 bits per heavy atom. The number of rotatable bonds is 11. The number of pyridine rings is 1. The van der Waals surface area contributed by atoms with E-state index in [1.165, 1.54) is 22.3 Å². The van der Waals surface area contributed by atoms with Crippen LogP contribution in [0.2, 0.25) is 5.02 Å². The van der Waals surface area contributed by atoms with Crippen LogP contribution < -0.4 is 5.32 Å². The second-order valence-corrected chi connectivity index (χ2v) is 11.7. The monoisotopic (exact) mass is 575 g/mol. The van der Waals surface area contributed by atoms with Crippen molar-refractivity contribution in [2.75, 3.05) is 19.6 Å². The van der Waals surface area contributed by atoms with Crippen LogP contribution in [-0.4, -0.2) is 39.3 Å². The molecule has 5 nitrogen and oxygen atoms in total. The van der Waals surface area contributed by atoms with Gasteiger partial charge in [-0.3, -0.25) is 14.6 Å². The lowest BCUT2D eigenvalue weighted by Gasteiger charge is -2.43. The zero-order chi connectivity index (χ0) is 28.6. The Kier molecular flexibility index (Phi) is 9.09. The Balaban J connectivity index is 1.16. The molecule has 0 bridgehead atoms. The largest absolute Gasteiger partial charge is 0.312 e. The van der Waals surface area contributed by atoms with Gasteiger partial charge in [0, 0.05) is 60.1 Å². The molecule has 6 rings (SSSR count). The molecule has 1 N–H and O–H groups in total. The Morgan fingerprint density at radius 2 is 1.43 bits per heavy atom. The Bertz CT molecular complexity index is 1490. The lowest BCUT2D eigenvalue weighted by atomic mass is 9.68. The molecule has 0 amide bonds. The molecule has 1 aliphatic rings. The third-order valence-corrected chi connectivity index (χ3v) is 8.77. The van der Waals surface area contributed by atoms with Crippen LogP contribution in [0.3, 0.4) is 0 Å². The first-order valence-electron chi connectivity index (χ1n) is 14.9. The van der Waals surface area contributed by atoms with Crippen LogP contribution >= 0.6 is 11.6 Å². The molecule has 3 aromatic carbocycles. The van der Waals surface area contributed by atoms with Gasteiger partial charge in [0.15, 0.2) is 0 Å². The van der Waals surface area contributed by atoms with E-state index in [1.807, 2.05) is 30.5 Å². The average molecular weight is 576 g/mol. The van der Waals surface area contributed by atoms with Gasteiger partial charge in [0.2, 0.25) is 0 Å². The zero-order valence-corrected chi connectivity index (χ0v) is 24.8. The summed E-state index contributed by atoms with van der Waals surface area (Å²) in [5.41, 5.74) is 7.59. The first-order valence-corrected chi connectivity index (χ1v) is 15.3. The van der Waals surface area contributed by atoms with Gasteiger partial charge in [-0.2, -0.15) is 5.10 Å². The molecular formula is C36H38ClN5. The number of halogens is 1. The molecule has 0 saturated carbocycles. The molecule has 0 radical (unpaired) electrons. The third-order valence-electron chi connectivity index (χ3n) is 8.52. The van der Waals surface area contributed by atoms with Crippen molar-refractivity contribution < 1.29 is 0 Å². The van der Waals surface area contributed by atoms with Crippen molar-refractivity contribution in [1.29, 1.82) is 0 Å². The fourth-order valence-electron chi connectivity index (χ4n) is 6.19. The molecule has 0 unspecified atom stereocenters. The summed E-state index contributed by atoms with van der Waals surface area (Å²) in [5, 5.41) is 9.50. The summed E-state index contributed by atoms with van der Waals surface area (Å²) < 4.78 is 2.08. The number of likely N-dealkylation sites (tertiary alicyclic amines) is 1. The Labute approximate surface area is 254 Å². The summed E-state index contributed by atoms with van der Waals surface area (Å²) in [6.07, 6.45) is 7.15. The molecular weight excluding hydrogens is 538 g/mol. The van der Waals surface area contributed by atoms with E-state index >= 15 is 0 Å². The van der Waals surface area contributed by atoms with Crippen LogP contribution in [0.15, 0.2) is 116 Å². The van der Waals surface area contributed by atoms with Gasteiger partial charge in [-0.1, -0.05) is 90.5 Å². The molecule has 1 aliphatic heterocycles. The van der Waals surface area contributed by atoms with E-state index in [0.29, 0.717) is 0 Å². The predicted molar refractivity (Wildman–Crippen MR) is 171 cm³/mol. The first-order chi connectivity index (χ1) is 20.7. The molecule has 0 aliphatic carbocycles. The fraction of sp³-hybridized carbons (Fsp3) is 0.278. The lowest BCUT2D eigenvalue weighted by Crippen LogP contribution is -2.43. The zero-order valence-electron chi connectivity index (χ0n) is 24.0. The highest BCUT2D eigenvalue weighted by Crippen LogP contribution is 2.41. The van der Waals surface area contributed by atoms with Crippen molar-refractivity contribution in [2.24, 2.45) is 0 Å². The van der Waals surface area contributed by atoms with Gasteiger partial charge in [-0.25, -0.2) is 0 Å². The number of nitrogens with one attached hydrogen (secondary N) is 1. The maximum absolute atomic E-state index is 6.13. The highest BCUT2D eigenvalue weighted by molar-refractivity contribution is 6.30. The van der Waals surface area contributed by atoms with E-state index in [4.69, 9.17) is 16.7 Å². The van der Waals surface area contributed by atoms with Gasteiger partial charge in [0.1, 0.15) is 0 Å². The summed E-state index contributed by atoms with van der Waals surface area (Å²) in [4.78, 5) is 7.04. The van der Waals surface area contributed by atoms with Crippen molar-refractivity contribution >= 4 is 11.6 Å².